The SMILES string of the molecule is O=C(O)COc1cc(F)c(Cl)nc1Cl. The summed E-state index contributed by atoms with van der Waals surface area (Å²) in [4.78, 5) is 13.5. The van der Waals surface area contributed by atoms with Crippen molar-refractivity contribution in [3.8, 4) is 5.75 Å². The van der Waals surface area contributed by atoms with Crippen LogP contribution in [0.25, 0.3) is 0 Å². The van der Waals surface area contributed by atoms with Crippen molar-refractivity contribution >= 4 is 29.2 Å². The fourth-order valence-corrected chi connectivity index (χ4v) is 1.05. The van der Waals surface area contributed by atoms with Gasteiger partial charge in [0.15, 0.2) is 28.5 Å². The van der Waals surface area contributed by atoms with Gasteiger partial charge in [-0.05, 0) is 0 Å². The van der Waals surface area contributed by atoms with Gasteiger partial charge in [0.25, 0.3) is 0 Å². The van der Waals surface area contributed by atoms with Crippen LogP contribution in [-0.2, 0) is 4.79 Å². The van der Waals surface area contributed by atoms with E-state index >= 15 is 0 Å². The quantitative estimate of drug-likeness (QED) is 0.820. The molecule has 14 heavy (non-hydrogen) atoms. The molecule has 0 aliphatic carbocycles. The first-order chi connectivity index (χ1) is 6.50. The molecule has 1 aromatic heterocycles. The summed E-state index contributed by atoms with van der Waals surface area (Å²) >= 11 is 10.8. The van der Waals surface area contributed by atoms with Gasteiger partial charge < -0.3 is 9.84 Å². The largest absolute Gasteiger partial charge is 0.479 e. The van der Waals surface area contributed by atoms with Crippen molar-refractivity contribution in [2.45, 2.75) is 0 Å². The molecule has 1 N–H and O–H groups in total. The van der Waals surface area contributed by atoms with Gasteiger partial charge in [-0.2, -0.15) is 0 Å². The summed E-state index contributed by atoms with van der Waals surface area (Å²) < 4.78 is 17.4. The van der Waals surface area contributed by atoms with Crippen LogP contribution in [0.15, 0.2) is 6.07 Å². The third-order valence-corrected chi connectivity index (χ3v) is 1.74. The zero-order valence-corrected chi connectivity index (χ0v) is 8.14. The number of carboxylic acids is 1. The molecule has 0 fully saturated rings. The van der Waals surface area contributed by atoms with Crippen LogP contribution in [0, 0.1) is 5.82 Å². The lowest BCUT2D eigenvalue weighted by molar-refractivity contribution is -0.139. The number of ether oxygens (including phenoxy) is 1. The summed E-state index contributed by atoms with van der Waals surface area (Å²) in [6.07, 6.45) is 0. The lowest BCUT2D eigenvalue weighted by Crippen LogP contribution is -2.10. The molecule has 0 spiro atoms. The molecule has 1 heterocycles. The van der Waals surface area contributed by atoms with Crippen molar-refractivity contribution in [2.75, 3.05) is 6.61 Å². The van der Waals surface area contributed by atoms with Crippen molar-refractivity contribution in [3.05, 3.63) is 22.2 Å². The van der Waals surface area contributed by atoms with Crippen LogP contribution in [0.1, 0.15) is 0 Å². The van der Waals surface area contributed by atoms with Gasteiger partial charge in [-0.25, -0.2) is 14.2 Å². The Balaban J connectivity index is 2.87. The summed E-state index contributed by atoms with van der Waals surface area (Å²) in [6.45, 7) is -0.623. The average molecular weight is 240 g/mol. The van der Waals surface area contributed by atoms with E-state index in [1.165, 1.54) is 0 Å². The van der Waals surface area contributed by atoms with E-state index in [0.717, 1.165) is 6.07 Å². The highest BCUT2D eigenvalue weighted by Crippen LogP contribution is 2.26. The molecule has 0 bridgehead atoms. The Labute approximate surface area is 88.2 Å². The predicted molar refractivity (Wildman–Crippen MR) is 47.3 cm³/mol. The molecule has 0 saturated carbocycles. The summed E-state index contributed by atoms with van der Waals surface area (Å²) in [7, 11) is 0. The zero-order chi connectivity index (χ0) is 10.7. The average Bonchev–Trinajstić information content (AvgIpc) is 2.09. The van der Waals surface area contributed by atoms with Gasteiger partial charge in [-0.15, -0.1) is 0 Å². The van der Waals surface area contributed by atoms with Crippen LogP contribution >= 0.6 is 23.2 Å². The molecule has 0 aromatic carbocycles. The van der Waals surface area contributed by atoms with Crippen molar-refractivity contribution in [2.24, 2.45) is 0 Å². The predicted octanol–water partition coefficient (Wildman–Crippen LogP) is 1.99. The van der Waals surface area contributed by atoms with Crippen molar-refractivity contribution in [3.63, 3.8) is 0 Å². The Hall–Kier alpha value is -1.07. The van der Waals surface area contributed by atoms with E-state index < -0.39 is 23.5 Å². The minimum atomic E-state index is -1.20. The lowest BCUT2D eigenvalue weighted by Gasteiger charge is -2.05. The number of carbonyl (C=O) groups is 1. The molecule has 1 aromatic rings. The highest BCUT2D eigenvalue weighted by atomic mass is 35.5. The van der Waals surface area contributed by atoms with Gasteiger partial charge in [0.2, 0.25) is 0 Å². The minimum Gasteiger partial charge on any atom is -0.479 e. The Kier molecular flexibility index (Phi) is 3.49. The molecule has 4 nitrogen and oxygen atoms in total. The molecular formula is C7H4Cl2FNO3. The number of halogens is 3. The molecule has 0 saturated heterocycles. The highest BCUT2D eigenvalue weighted by molar-refractivity contribution is 6.33. The fourth-order valence-electron chi connectivity index (χ4n) is 0.670. The molecular weight excluding hydrogens is 236 g/mol. The molecule has 0 aliphatic rings. The van der Waals surface area contributed by atoms with Gasteiger partial charge >= 0.3 is 5.97 Å². The number of nitrogens with zero attached hydrogens (tertiary/aromatic N) is 1. The third-order valence-electron chi connectivity index (χ3n) is 1.21. The smallest absolute Gasteiger partial charge is 0.341 e. The summed E-state index contributed by atoms with van der Waals surface area (Å²) in [5, 5.41) is 7.71. The number of carboxylic acid groups (broad SMARTS) is 1. The number of hydrogen-bond donors (Lipinski definition) is 1. The molecule has 76 valence electrons. The normalized spacial score (nSPS) is 9.93. The van der Waals surface area contributed by atoms with Crippen LogP contribution in [0.4, 0.5) is 4.39 Å². The van der Waals surface area contributed by atoms with Crippen LogP contribution in [0.2, 0.25) is 10.3 Å². The van der Waals surface area contributed by atoms with E-state index in [2.05, 4.69) is 9.72 Å². The number of hydrogen-bond acceptors (Lipinski definition) is 3. The second kappa shape index (κ2) is 4.43. The van der Waals surface area contributed by atoms with Crippen LogP contribution in [-0.4, -0.2) is 22.7 Å². The molecule has 0 radical (unpaired) electrons. The zero-order valence-electron chi connectivity index (χ0n) is 6.63. The molecule has 1 rings (SSSR count). The first kappa shape index (κ1) is 11.0. The molecule has 0 aliphatic heterocycles. The lowest BCUT2D eigenvalue weighted by atomic mass is 10.4. The summed E-state index contributed by atoms with van der Waals surface area (Å²) in [6, 6.07) is 0.876. The summed E-state index contributed by atoms with van der Waals surface area (Å²) in [5.41, 5.74) is 0. The summed E-state index contributed by atoms with van der Waals surface area (Å²) in [5.74, 6) is -2.18. The van der Waals surface area contributed by atoms with Crippen molar-refractivity contribution < 1.29 is 19.0 Å². The van der Waals surface area contributed by atoms with Crippen LogP contribution < -0.4 is 4.74 Å². The van der Waals surface area contributed by atoms with E-state index in [1.54, 1.807) is 0 Å². The monoisotopic (exact) mass is 239 g/mol. The first-order valence-corrected chi connectivity index (χ1v) is 4.12. The second-order valence-corrected chi connectivity index (χ2v) is 2.95. The van der Waals surface area contributed by atoms with E-state index in [-0.39, 0.29) is 10.9 Å². The molecule has 0 unspecified atom stereocenters. The van der Waals surface area contributed by atoms with Gasteiger partial charge in [0.05, 0.1) is 0 Å². The van der Waals surface area contributed by atoms with E-state index in [1.807, 2.05) is 0 Å². The molecule has 7 heteroatoms. The fraction of sp³-hybridized carbons (Fsp3) is 0.143. The molecule has 0 amide bonds. The first-order valence-electron chi connectivity index (χ1n) is 3.37. The Morgan fingerprint density at radius 2 is 2.21 bits per heavy atom. The molecule has 0 atom stereocenters. The maximum Gasteiger partial charge on any atom is 0.341 e. The van der Waals surface area contributed by atoms with Crippen molar-refractivity contribution in [1.29, 1.82) is 0 Å². The van der Waals surface area contributed by atoms with E-state index in [4.69, 9.17) is 28.3 Å². The standard InChI is InChI=1S/C7H4Cl2FNO3/c8-6-3(10)1-4(7(9)11-6)14-2-5(12)13/h1H,2H2,(H,12,13). The number of pyridine rings is 1. The Morgan fingerprint density at radius 3 is 2.79 bits per heavy atom. The topological polar surface area (TPSA) is 59.4 Å². The Bertz CT molecular complexity index is 372. The maximum atomic E-state index is 12.8. The number of rotatable bonds is 3. The minimum absolute atomic E-state index is 0.157. The van der Waals surface area contributed by atoms with E-state index in [9.17, 15) is 9.18 Å². The number of aliphatic carboxylic acids is 1. The Morgan fingerprint density at radius 1 is 1.57 bits per heavy atom. The van der Waals surface area contributed by atoms with Gasteiger partial charge in [0.1, 0.15) is 0 Å². The third kappa shape index (κ3) is 2.71. The second-order valence-electron chi connectivity index (χ2n) is 2.23. The van der Waals surface area contributed by atoms with Crippen molar-refractivity contribution in [1.82, 2.24) is 4.98 Å². The van der Waals surface area contributed by atoms with Gasteiger partial charge in [-0.1, -0.05) is 23.2 Å². The van der Waals surface area contributed by atoms with Crippen LogP contribution in [0.3, 0.4) is 0 Å². The van der Waals surface area contributed by atoms with E-state index in [0.29, 0.717) is 0 Å². The van der Waals surface area contributed by atoms with Gasteiger partial charge in [-0.3, -0.25) is 0 Å². The highest BCUT2D eigenvalue weighted by Gasteiger charge is 2.10. The van der Waals surface area contributed by atoms with Crippen LogP contribution in [0.5, 0.6) is 5.75 Å². The number of aromatic nitrogens is 1. The maximum absolute atomic E-state index is 12.8. The van der Waals surface area contributed by atoms with Gasteiger partial charge in [0, 0.05) is 6.07 Å².